The van der Waals surface area contributed by atoms with Crippen molar-refractivity contribution in [2.45, 2.75) is 12.5 Å². The van der Waals surface area contributed by atoms with Crippen molar-refractivity contribution in [1.29, 1.82) is 0 Å². The Balaban J connectivity index is 1.84. The highest BCUT2D eigenvalue weighted by Gasteiger charge is 2.47. The van der Waals surface area contributed by atoms with E-state index in [0.29, 0.717) is 28.6 Å². The SMILES string of the molecule is COc1ccc(NC(=O)C2(C)Oc3ccccc3NC2=O)cc1OC. The molecule has 3 rings (SSSR count). The number of benzene rings is 2. The van der Waals surface area contributed by atoms with E-state index in [0.717, 1.165) is 0 Å². The zero-order valence-electron chi connectivity index (χ0n) is 14.1. The van der Waals surface area contributed by atoms with Crippen LogP contribution in [-0.2, 0) is 9.59 Å². The van der Waals surface area contributed by atoms with Crippen molar-refractivity contribution in [3.05, 3.63) is 42.5 Å². The van der Waals surface area contributed by atoms with Crippen LogP contribution in [0.3, 0.4) is 0 Å². The number of carbonyl (C=O) groups excluding carboxylic acids is 2. The Bertz CT molecular complexity index is 836. The minimum Gasteiger partial charge on any atom is -0.493 e. The fourth-order valence-electron chi connectivity index (χ4n) is 2.48. The number of methoxy groups -OCH3 is 2. The van der Waals surface area contributed by atoms with E-state index in [4.69, 9.17) is 14.2 Å². The standard InChI is InChI=1S/C18H18N2O5/c1-18(17(22)20-12-6-4-5-7-13(12)25-18)16(21)19-11-8-9-14(23-2)15(10-11)24-3/h4-10H,1-3H3,(H,19,21)(H,20,22). The van der Waals surface area contributed by atoms with Gasteiger partial charge < -0.3 is 24.8 Å². The number of nitrogens with one attached hydrogen (secondary N) is 2. The van der Waals surface area contributed by atoms with Crippen molar-refractivity contribution in [3.8, 4) is 17.2 Å². The van der Waals surface area contributed by atoms with Crippen LogP contribution < -0.4 is 24.8 Å². The second-order valence-electron chi connectivity index (χ2n) is 5.61. The van der Waals surface area contributed by atoms with Gasteiger partial charge in [0.1, 0.15) is 5.75 Å². The predicted octanol–water partition coefficient (Wildman–Crippen LogP) is 2.43. The Labute approximate surface area is 144 Å². The van der Waals surface area contributed by atoms with Crippen LogP contribution in [0.2, 0.25) is 0 Å². The van der Waals surface area contributed by atoms with Gasteiger partial charge in [-0.3, -0.25) is 9.59 Å². The van der Waals surface area contributed by atoms with E-state index >= 15 is 0 Å². The molecule has 0 bridgehead atoms. The average Bonchev–Trinajstić information content (AvgIpc) is 2.62. The molecule has 7 heteroatoms. The maximum Gasteiger partial charge on any atom is 0.278 e. The topological polar surface area (TPSA) is 85.9 Å². The number of anilines is 2. The molecule has 2 aromatic rings. The second-order valence-corrected chi connectivity index (χ2v) is 5.61. The number of hydrogen-bond acceptors (Lipinski definition) is 5. The smallest absolute Gasteiger partial charge is 0.278 e. The average molecular weight is 342 g/mol. The van der Waals surface area contributed by atoms with Crippen molar-refractivity contribution in [2.24, 2.45) is 0 Å². The van der Waals surface area contributed by atoms with Crippen LogP contribution in [0.1, 0.15) is 6.92 Å². The van der Waals surface area contributed by atoms with Gasteiger partial charge in [-0.1, -0.05) is 12.1 Å². The zero-order valence-corrected chi connectivity index (χ0v) is 14.1. The second kappa shape index (κ2) is 6.35. The lowest BCUT2D eigenvalue weighted by molar-refractivity contribution is -0.143. The first-order valence-electron chi connectivity index (χ1n) is 7.61. The summed E-state index contributed by atoms with van der Waals surface area (Å²) in [5.74, 6) is 0.306. The highest BCUT2D eigenvalue weighted by molar-refractivity contribution is 6.19. The normalized spacial score (nSPS) is 18.4. The summed E-state index contributed by atoms with van der Waals surface area (Å²) in [6, 6.07) is 11.9. The molecule has 0 aromatic heterocycles. The Morgan fingerprint density at radius 1 is 1.12 bits per heavy atom. The van der Waals surface area contributed by atoms with E-state index in [2.05, 4.69) is 10.6 Å². The summed E-state index contributed by atoms with van der Waals surface area (Å²) in [7, 11) is 3.02. The molecule has 1 heterocycles. The van der Waals surface area contributed by atoms with E-state index in [-0.39, 0.29) is 0 Å². The van der Waals surface area contributed by atoms with E-state index in [9.17, 15) is 9.59 Å². The van der Waals surface area contributed by atoms with Gasteiger partial charge >= 0.3 is 0 Å². The third-order valence-electron chi connectivity index (χ3n) is 3.96. The summed E-state index contributed by atoms with van der Waals surface area (Å²) in [4.78, 5) is 25.1. The first-order chi connectivity index (χ1) is 12.0. The number of rotatable bonds is 4. The largest absolute Gasteiger partial charge is 0.493 e. The Morgan fingerprint density at radius 2 is 1.84 bits per heavy atom. The van der Waals surface area contributed by atoms with Crippen LogP contribution >= 0.6 is 0 Å². The van der Waals surface area contributed by atoms with E-state index in [1.54, 1.807) is 42.5 Å². The molecule has 1 aliphatic heterocycles. The molecule has 2 aromatic carbocycles. The fourth-order valence-corrected chi connectivity index (χ4v) is 2.48. The molecule has 25 heavy (non-hydrogen) atoms. The van der Waals surface area contributed by atoms with Gasteiger partial charge in [-0.05, 0) is 31.2 Å². The molecule has 1 aliphatic rings. The molecule has 2 amide bonds. The number of carbonyl (C=O) groups is 2. The van der Waals surface area contributed by atoms with Gasteiger partial charge in [-0.25, -0.2) is 0 Å². The first-order valence-corrected chi connectivity index (χ1v) is 7.61. The summed E-state index contributed by atoms with van der Waals surface area (Å²) < 4.78 is 16.1. The molecule has 1 atom stereocenters. The van der Waals surface area contributed by atoms with Crippen LogP contribution in [-0.4, -0.2) is 31.6 Å². The van der Waals surface area contributed by atoms with Gasteiger partial charge in [0.25, 0.3) is 17.4 Å². The van der Waals surface area contributed by atoms with E-state index in [1.165, 1.54) is 21.1 Å². The van der Waals surface area contributed by atoms with Crippen LogP contribution in [0.4, 0.5) is 11.4 Å². The lowest BCUT2D eigenvalue weighted by Crippen LogP contribution is -2.56. The number of fused-ring (bicyclic) bond motifs is 1. The summed E-state index contributed by atoms with van der Waals surface area (Å²) in [6.45, 7) is 1.42. The van der Waals surface area contributed by atoms with E-state index < -0.39 is 17.4 Å². The van der Waals surface area contributed by atoms with E-state index in [1.807, 2.05) is 0 Å². The summed E-state index contributed by atoms with van der Waals surface area (Å²) in [6.07, 6.45) is 0. The van der Waals surface area contributed by atoms with Gasteiger partial charge in [-0.15, -0.1) is 0 Å². The number of ether oxygens (including phenoxy) is 3. The van der Waals surface area contributed by atoms with Gasteiger partial charge in [-0.2, -0.15) is 0 Å². The Kier molecular flexibility index (Phi) is 4.22. The third kappa shape index (κ3) is 2.96. The summed E-state index contributed by atoms with van der Waals surface area (Å²) in [5.41, 5.74) is -0.704. The fraction of sp³-hybridized carbons (Fsp3) is 0.222. The van der Waals surface area contributed by atoms with Crippen molar-refractivity contribution in [2.75, 3.05) is 24.9 Å². The van der Waals surface area contributed by atoms with Crippen LogP contribution in [0.25, 0.3) is 0 Å². The molecular weight excluding hydrogens is 324 g/mol. The molecule has 7 nitrogen and oxygen atoms in total. The van der Waals surface area contributed by atoms with Crippen molar-refractivity contribution >= 4 is 23.2 Å². The van der Waals surface area contributed by atoms with Gasteiger partial charge in [0.15, 0.2) is 11.5 Å². The molecule has 0 saturated carbocycles. The monoisotopic (exact) mass is 342 g/mol. The van der Waals surface area contributed by atoms with Gasteiger partial charge in [0.2, 0.25) is 0 Å². The lowest BCUT2D eigenvalue weighted by Gasteiger charge is -2.33. The molecule has 0 fully saturated rings. The quantitative estimate of drug-likeness (QED) is 0.834. The molecule has 1 unspecified atom stereocenters. The highest BCUT2D eigenvalue weighted by Crippen LogP contribution is 2.34. The van der Waals surface area contributed by atoms with Gasteiger partial charge in [0.05, 0.1) is 19.9 Å². The Morgan fingerprint density at radius 3 is 2.56 bits per heavy atom. The number of amides is 2. The molecule has 0 radical (unpaired) electrons. The van der Waals surface area contributed by atoms with Crippen LogP contribution in [0.5, 0.6) is 17.2 Å². The first kappa shape index (κ1) is 16.6. The molecule has 130 valence electrons. The van der Waals surface area contributed by atoms with Gasteiger partial charge in [0, 0.05) is 11.8 Å². The minimum atomic E-state index is -1.69. The predicted molar refractivity (Wildman–Crippen MR) is 92.3 cm³/mol. The van der Waals surface area contributed by atoms with Crippen molar-refractivity contribution in [3.63, 3.8) is 0 Å². The van der Waals surface area contributed by atoms with Crippen LogP contribution in [0, 0.1) is 0 Å². The molecule has 2 N–H and O–H groups in total. The minimum absolute atomic E-state index is 0.437. The molecule has 0 aliphatic carbocycles. The third-order valence-corrected chi connectivity index (χ3v) is 3.96. The summed E-state index contributed by atoms with van der Waals surface area (Å²) >= 11 is 0. The molecular formula is C18H18N2O5. The number of hydrogen-bond donors (Lipinski definition) is 2. The van der Waals surface area contributed by atoms with Crippen molar-refractivity contribution < 1.29 is 23.8 Å². The highest BCUT2D eigenvalue weighted by atomic mass is 16.5. The van der Waals surface area contributed by atoms with Crippen molar-refractivity contribution in [1.82, 2.24) is 0 Å². The summed E-state index contributed by atoms with van der Waals surface area (Å²) in [5, 5.41) is 5.37. The molecule has 0 spiro atoms. The number of para-hydroxylation sites is 2. The van der Waals surface area contributed by atoms with Crippen LogP contribution in [0.15, 0.2) is 42.5 Å². The Hall–Kier alpha value is -3.22. The molecule has 0 saturated heterocycles. The zero-order chi connectivity index (χ0) is 18.0. The maximum atomic E-state index is 12.7. The maximum absolute atomic E-state index is 12.7. The lowest BCUT2D eigenvalue weighted by atomic mass is 10.0.